The summed E-state index contributed by atoms with van der Waals surface area (Å²) in [5.74, 6) is 2.47. The van der Waals surface area contributed by atoms with Gasteiger partial charge in [0.15, 0.2) is 0 Å². The third kappa shape index (κ3) is 3.65. The molecule has 1 atom stereocenters. The summed E-state index contributed by atoms with van der Waals surface area (Å²) in [6, 6.07) is 16.6. The van der Waals surface area contributed by atoms with Gasteiger partial charge in [-0.1, -0.05) is 68.5 Å². The lowest BCUT2D eigenvalue weighted by Gasteiger charge is -2.29. The molecule has 2 aromatic carbocycles. The summed E-state index contributed by atoms with van der Waals surface area (Å²) in [5.41, 5.74) is 7.44. The Balaban J connectivity index is 1.43. The highest BCUT2D eigenvalue weighted by Gasteiger charge is 2.23. The Morgan fingerprint density at radius 2 is 1.54 bits per heavy atom. The molecule has 0 nitrogen and oxygen atoms in total. The van der Waals surface area contributed by atoms with Crippen molar-refractivity contribution in [1.29, 1.82) is 0 Å². The quantitative estimate of drug-likeness (QED) is 0.546. The first-order chi connectivity index (χ1) is 12.8. The maximum Gasteiger partial charge on any atom is -0.0118 e. The first-order valence-corrected chi connectivity index (χ1v) is 10.6. The fourth-order valence-electron chi connectivity index (χ4n) is 5.13. The zero-order valence-corrected chi connectivity index (χ0v) is 16.2. The Labute approximate surface area is 159 Å². The molecule has 0 heteroatoms. The van der Waals surface area contributed by atoms with E-state index in [0.29, 0.717) is 5.92 Å². The van der Waals surface area contributed by atoms with Gasteiger partial charge in [0, 0.05) is 0 Å². The van der Waals surface area contributed by atoms with E-state index in [4.69, 9.17) is 0 Å². The van der Waals surface area contributed by atoms with Crippen molar-refractivity contribution >= 4 is 6.08 Å². The minimum absolute atomic E-state index is 0.682. The van der Waals surface area contributed by atoms with Gasteiger partial charge in [0.2, 0.25) is 0 Å². The van der Waals surface area contributed by atoms with Crippen LogP contribution in [0.15, 0.2) is 49.0 Å². The van der Waals surface area contributed by atoms with Crippen LogP contribution in [0.3, 0.4) is 0 Å². The van der Waals surface area contributed by atoms with E-state index in [1.54, 1.807) is 5.56 Å². The van der Waals surface area contributed by atoms with Crippen LogP contribution in [0.25, 0.3) is 6.08 Å². The minimum atomic E-state index is 0.682. The van der Waals surface area contributed by atoms with Crippen LogP contribution in [-0.4, -0.2) is 0 Å². The summed E-state index contributed by atoms with van der Waals surface area (Å²) < 4.78 is 0. The number of rotatable bonds is 4. The number of hydrogen-bond acceptors (Lipinski definition) is 0. The van der Waals surface area contributed by atoms with Gasteiger partial charge in [-0.05, 0) is 90.5 Å². The van der Waals surface area contributed by atoms with Crippen LogP contribution >= 0.6 is 0 Å². The average Bonchev–Trinajstić information content (AvgIpc) is 2.73. The standard InChI is InChI=1S/C26H32/c1-3-19-5-8-21(9-6-19)22-11-13-23(14-12-22)25-16-15-24-17-20(4-2)7-10-26(24)18-25/h4,7,10-14,17,19,21,25H,2-3,5-6,8-9,15-16,18H2,1H3. The van der Waals surface area contributed by atoms with Crippen LogP contribution in [0.5, 0.6) is 0 Å². The van der Waals surface area contributed by atoms with E-state index in [2.05, 4.69) is 56.0 Å². The zero-order chi connectivity index (χ0) is 17.9. The molecule has 1 unspecified atom stereocenters. The Kier molecular flexibility index (Phi) is 5.29. The van der Waals surface area contributed by atoms with Crippen LogP contribution < -0.4 is 0 Å². The maximum atomic E-state index is 3.90. The van der Waals surface area contributed by atoms with Crippen LogP contribution in [0, 0.1) is 5.92 Å². The van der Waals surface area contributed by atoms with E-state index in [-0.39, 0.29) is 0 Å². The normalized spacial score (nSPS) is 25.5. The van der Waals surface area contributed by atoms with Crippen LogP contribution in [0.1, 0.15) is 85.1 Å². The number of aryl methyl sites for hydroxylation is 1. The molecular weight excluding hydrogens is 312 g/mol. The second-order valence-corrected chi connectivity index (χ2v) is 8.46. The first kappa shape index (κ1) is 17.6. The molecule has 0 aromatic heterocycles. The summed E-state index contributed by atoms with van der Waals surface area (Å²) >= 11 is 0. The Morgan fingerprint density at radius 3 is 2.19 bits per heavy atom. The summed E-state index contributed by atoms with van der Waals surface area (Å²) in [6.07, 6.45) is 12.6. The summed E-state index contributed by atoms with van der Waals surface area (Å²) in [6.45, 7) is 6.25. The topological polar surface area (TPSA) is 0 Å². The monoisotopic (exact) mass is 344 g/mol. The van der Waals surface area contributed by atoms with Crippen LogP contribution in [-0.2, 0) is 12.8 Å². The van der Waals surface area contributed by atoms with Gasteiger partial charge in [0.05, 0.1) is 0 Å². The van der Waals surface area contributed by atoms with E-state index < -0.39 is 0 Å². The van der Waals surface area contributed by atoms with Gasteiger partial charge in [-0.25, -0.2) is 0 Å². The summed E-state index contributed by atoms with van der Waals surface area (Å²) in [7, 11) is 0. The van der Waals surface area contributed by atoms with Crippen LogP contribution in [0.2, 0.25) is 0 Å². The van der Waals surface area contributed by atoms with Crippen molar-refractivity contribution in [2.24, 2.45) is 5.92 Å². The third-order valence-electron chi connectivity index (χ3n) is 7.00. The van der Waals surface area contributed by atoms with Gasteiger partial charge >= 0.3 is 0 Å². The maximum absolute atomic E-state index is 3.90. The molecule has 2 aliphatic carbocycles. The molecule has 0 spiro atoms. The van der Waals surface area contributed by atoms with Gasteiger partial charge in [-0.15, -0.1) is 0 Å². The first-order valence-electron chi connectivity index (χ1n) is 10.6. The van der Waals surface area contributed by atoms with Crippen molar-refractivity contribution < 1.29 is 0 Å². The SMILES string of the molecule is C=Cc1ccc2c(c1)CCC(c1ccc(C3CCC(CC)CC3)cc1)C2. The van der Waals surface area contributed by atoms with Crippen molar-refractivity contribution in [2.45, 2.75) is 70.1 Å². The second kappa shape index (κ2) is 7.82. The highest BCUT2D eigenvalue weighted by Crippen LogP contribution is 2.38. The number of fused-ring (bicyclic) bond motifs is 1. The highest BCUT2D eigenvalue weighted by atomic mass is 14.3. The van der Waals surface area contributed by atoms with Gasteiger partial charge in [0.1, 0.15) is 0 Å². The molecule has 0 amide bonds. The van der Waals surface area contributed by atoms with E-state index in [9.17, 15) is 0 Å². The van der Waals surface area contributed by atoms with Crippen molar-refractivity contribution in [3.8, 4) is 0 Å². The minimum Gasteiger partial charge on any atom is -0.0985 e. The smallest absolute Gasteiger partial charge is 0.0118 e. The van der Waals surface area contributed by atoms with Crippen molar-refractivity contribution in [3.63, 3.8) is 0 Å². The predicted octanol–water partition coefficient (Wildman–Crippen LogP) is 7.29. The van der Waals surface area contributed by atoms with Crippen molar-refractivity contribution in [3.05, 3.63) is 76.9 Å². The predicted molar refractivity (Wildman–Crippen MR) is 113 cm³/mol. The lowest BCUT2D eigenvalue weighted by molar-refractivity contribution is 0.319. The van der Waals surface area contributed by atoms with Crippen molar-refractivity contribution in [1.82, 2.24) is 0 Å². The zero-order valence-electron chi connectivity index (χ0n) is 16.2. The van der Waals surface area contributed by atoms with Gasteiger partial charge in [0.25, 0.3) is 0 Å². The molecular formula is C26H32. The summed E-state index contributed by atoms with van der Waals surface area (Å²) in [5, 5.41) is 0. The Hall–Kier alpha value is -1.82. The van der Waals surface area contributed by atoms with Crippen molar-refractivity contribution in [2.75, 3.05) is 0 Å². The fourth-order valence-corrected chi connectivity index (χ4v) is 5.13. The van der Waals surface area contributed by atoms with E-state index in [1.165, 1.54) is 73.6 Å². The van der Waals surface area contributed by atoms with Gasteiger partial charge in [-0.3, -0.25) is 0 Å². The molecule has 0 radical (unpaired) electrons. The molecule has 0 N–H and O–H groups in total. The molecule has 0 heterocycles. The van der Waals surface area contributed by atoms with Crippen LogP contribution in [0.4, 0.5) is 0 Å². The second-order valence-electron chi connectivity index (χ2n) is 8.46. The van der Waals surface area contributed by atoms with Gasteiger partial charge < -0.3 is 0 Å². The van der Waals surface area contributed by atoms with E-state index in [1.807, 2.05) is 6.08 Å². The lowest BCUT2D eigenvalue weighted by atomic mass is 9.76. The molecule has 0 saturated heterocycles. The van der Waals surface area contributed by atoms with Gasteiger partial charge in [-0.2, -0.15) is 0 Å². The van der Waals surface area contributed by atoms with E-state index in [0.717, 1.165) is 11.8 Å². The molecule has 2 aromatic rings. The Bertz CT molecular complexity index is 744. The Morgan fingerprint density at radius 1 is 0.846 bits per heavy atom. The number of hydrogen-bond donors (Lipinski definition) is 0. The lowest BCUT2D eigenvalue weighted by Crippen LogP contribution is -2.14. The molecule has 4 rings (SSSR count). The summed E-state index contributed by atoms with van der Waals surface area (Å²) in [4.78, 5) is 0. The molecule has 2 aliphatic rings. The molecule has 136 valence electrons. The molecule has 0 bridgehead atoms. The molecule has 26 heavy (non-hydrogen) atoms. The molecule has 1 saturated carbocycles. The average molecular weight is 345 g/mol. The number of benzene rings is 2. The molecule has 1 fully saturated rings. The molecule has 0 aliphatic heterocycles. The largest absolute Gasteiger partial charge is 0.0985 e. The fraction of sp³-hybridized carbons (Fsp3) is 0.462. The third-order valence-corrected chi connectivity index (χ3v) is 7.00. The van der Waals surface area contributed by atoms with E-state index >= 15 is 0 Å². The highest BCUT2D eigenvalue weighted by molar-refractivity contribution is 5.51.